The van der Waals surface area contributed by atoms with Gasteiger partial charge in [-0.1, -0.05) is 30.3 Å². The highest BCUT2D eigenvalue weighted by atomic mass is 16.5. The van der Waals surface area contributed by atoms with Gasteiger partial charge in [-0.3, -0.25) is 25.2 Å². The van der Waals surface area contributed by atoms with E-state index in [1.54, 1.807) is 6.08 Å². The number of amides is 3. The molecule has 2 aromatic rings. The molecule has 0 aliphatic rings. The number of carbonyl (C=O) groups is 3. The fourth-order valence-corrected chi connectivity index (χ4v) is 2.42. The molecular weight excluding hydrogens is 390 g/mol. The average molecular weight is 413 g/mol. The van der Waals surface area contributed by atoms with Gasteiger partial charge >= 0.3 is 0 Å². The zero-order valence-electron chi connectivity index (χ0n) is 16.9. The summed E-state index contributed by atoms with van der Waals surface area (Å²) < 4.78 is 15.6. The molecule has 0 spiro atoms. The third kappa shape index (κ3) is 6.26. The van der Waals surface area contributed by atoms with E-state index in [-0.39, 0.29) is 12.1 Å². The van der Waals surface area contributed by atoms with Gasteiger partial charge in [0.1, 0.15) is 0 Å². The largest absolute Gasteiger partial charge is 0.493 e. The minimum absolute atomic E-state index is 0.180. The molecule has 3 amide bonds. The summed E-state index contributed by atoms with van der Waals surface area (Å²) in [6.07, 6.45) is 2.94. The van der Waals surface area contributed by atoms with E-state index in [0.717, 1.165) is 5.56 Å². The van der Waals surface area contributed by atoms with Crippen molar-refractivity contribution in [3.63, 3.8) is 0 Å². The van der Waals surface area contributed by atoms with Gasteiger partial charge in [0.25, 0.3) is 11.8 Å². The highest BCUT2D eigenvalue weighted by Gasteiger charge is 2.17. The molecule has 0 aliphatic carbocycles. The van der Waals surface area contributed by atoms with E-state index in [9.17, 15) is 14.4 Å². The molecule has 2 rings (SSSR count). The van der Waals surface area contributed by atoms with Gasteiger partial charge in [0, 0.05) is 11.6 Å². The van der Waals surface area contributed by atoms with Gasteiger partial charge in [-0.05, 0) is 23.8 Å². The molecule has 0 bridgehead atoms. The van der Waals surface area contributed by atoms with Crippen LogP contribution in [0.4, 0.5) is 0 Å². The van der Waals surface area contributed by atoms with Crippen LogP contribution < -0.4 is 30.4 Å². The van der Waals surface area contributed by atoms with Gasteiger partial charge in [0.15, 0.2) is 11.5 Å². The maximum absolute atomic E-state index is 12.3. The number of hydrogen-bond donors (Lipinski definition) is 3. The summed E-state index contributed by atoms with van der Waals surface area (Å²) >= 11 is 0. The van der Waals surface area contributed by atoms with E-state index < -0.39 is 17.7 Å². The van der Waals surface area contributed by atoms with Crippen LogP contribution in [0.25, 0.3) is 6.08 Å². The third-order valence-corrected chi connectivity index (χ3v) is 3.89. The molecule has 0 fully saturated rings. The predicted molar refractivity (Wildman–Crippen MR) is 110 cm³/mol. The molecule has 3 N–H and O–H groups in total. The maximum Gasteiger partial charge on any atom is 0.269 e. The summed E-state index contributed by atoms with van der Waals surface area (Å²) in [6.45, 7) is -0.312. The average Bonchev–Trinajstić information content (AvgIpc) is 2.79. The third-order valence-electron chi connectivity index (χ3n) is 3.89. The van der Waals surface area contributed by atoms with Crippen molar-refractivity contribution in [1.29, 1.82) is 0 Å². The van der Waals surface area contributed by atoms with Gasteiger partial charge in [0.05, 0.1) is 27.9 Å². The first-order chi connectivity index (χ1) is 14.5. The van der Waals surface area contributed by atoms with Gasteiger partial charge in [-0.2, -0.15) is 0 Å². The molecule has 0 saturated carbocycles. The molecule has 0 aliphatic heterocycles. The zero-order chi connectivity index (χ0) is 21.9. The molecule has 2 aromatic carbocycles. The lowest BCUT2D eigenvalue weighted by atomic mass is 10.1. The lowest BCUT2D eigenvalue weighted by Gasteiger charge is -2.14. The second-order valence-electron chi connectivity index (χ2n) is 5.88. The van der Waals surface area contributed by atoms with Crippen molar-refractivity contribution in [3.05, 3.63) is 59.7 Å². The van der Waals surface area contributed by atoms with Crippen LogP contribution in [0.5, 0.6) is 17.2 Å². The highest BCUT2D eigenvalue weighted by molar-refractivity contribution is 5.97. The van der Waals surface area contributed by atoms with E-state index >= 15 is 0 Å². The SMILES string of the molecule is COc1cc(C(=O)NNC(=O)CNC(=O)/C=C/c2ccccc2)cc(OC)c1OC. The number of ether oxygens (including phenoxy) is 3. The minimum Gasteiger partial charge on any atom is -0.493 e. The molecule has 9 nitrogen and oxygen atoms in total. The predicted octanol–water partition coefficient (Wildman–Crippen LogP) is 1.30. The molecule has 158 valence electrons. The number of rotatable bonds is 8. The van der Waals surface area contributed by atoms with E-state index in [2.05, 4.69) is 16.2 Å². The summed E-state index contributed by atoms with van der Waals surface area (Å²) in [7, 11) is 4.30. The van der Waals surface area contributed by atoms with Crippen molar-refractivity contribution in [3.8, 4) is 17.2 Å². The van der Waals surface area contributed by atoms with Gasteiger partial charge in [-0.15, -0.1) is 0 Å². The van der Waals surface area contributed by atoms with Gasteiger partial charge in [-0.25, -0.2) is 0 Å². The zero-order valence-corrected chi connectivity index (χ0v) is 16.9. The first kappa shape index (κ1) is 22.3. The number of methoxy groups -OCH3 is 3. The van der Waals surface area contributed by atoms with E-state index in [1.165, 1.54) is 39.5 Å². The molecule has 0 unspecified atom stereocenters. The number of nitrogens with one attached hydrogen (secondary N) is 3. The fraction of sp³-hybridized carbons (Fsp3) is 0.190. The van der Waals surface area contributed by atoms with Gasteiger partial charge < -0.3 is 19.5 Å². The van der Waals surface area contributed by atoms with Crippen LogP contribution in [-0.2, 0) is 9.59 Å². The van der Waals surface area contributed by atoms with Gasteiger partial charge in [0.2, 0.25) is 11.7 Å². The summed E-state index contributed by atoms with van der Waals surface area (Å²) in [6, 6.07) is 12.1. The Kier molecular flexibility index (Phi) is 8.25. The molecule has 0 atom stereocenters. The summed E-state index contributed by atoms with van der Waals surface area (Å²) in [5.41, 5.74) is 5.52. The van der Waals surface area contributed by atoms with Crippen LogP contribution in [0.15, 0.2) is 48.5 Å². The van der Waals surface area contributed by atoms with Crippen LogP contribution in [0.3, 0.4) is 0 Å². The van der Waals surface area contributed by atoms with Crippen LogP contribution in [-0.4, -0.2) is 45.6 Å². The fourth-order valence-electron chi connectivity index (χ4n) is 2.42. The van der Waals surface area contributed by atoms with Crippen LogP contribution >= 0.6 is 0 Å². The molecule has 9 heteroatoms. The Labute approximate surface area is 174 Å². The number of hydrogen-bond acceptors (Lipinski definition) is 6. The van der Waals surface area contributed by atoms with E-state index in [4.69, 9.17) is 14.2 Å². The molecule has 0 aromatic heterocycles. The van der Waals surface area contributed by atoms with Crippen molar-refractivity contribution in [2.75, 3.05) is 27.9 Å². The Bertz CT molecular complexity index is 903. The monoisotopic (exact) mass is 413 g/mol. The number of carbonyl (C=O) groups excluding carboxylic acids is 3. The smallest absolute Gasteiger partial charge is 0.269 e. The second kappa shape index (κ2) is 11.1. The van der Waals surface area contributed by atoms with E-state index in [1.807, 2.05) is 30.3 Å². The Balaban J connectivity index is 1.86. The summed E-state index contributed by atoms with van der Waals surface area (Å²) in [4.78, 5) is 36.0. The van der Waals surface area contributed by atoms with Crippen LogP contribution in [0, 0.1) is 0 Å². The molecular formula is C21H23N3O6. The lowest BCUT2D eigenvalue weighted by Crippen LogP contribution is -2.46. The summed E-state index contributed by atoms with van der Waals surface area (Å²) in [5.74, 6) is -0.705. The van der Waals surface area contributed by atoms with Crippen molar-refractivity contribution in [2.24, 2.45) is 0 Å². The van der Waals surface area contributed by atoms with Crippen molar-refractivity contribution < 1.29 is 28.6 Å². The van der Waals surface area contributed by atoms with Crippen LogP contribution in [0.1, 0.15) is 15.9 Å². The Hall–Kier alpha value is -4.01. The Morgan fingerprint density at radius 3 is 2.10 bits per heavy atom. The van der Waals surface area contributed by atoms with Crippen molar-refractivity contribution in [1.82, 2.24) is 16.2 Å². The topological polar surface area (TPSA) is 115 Å². The maximum atomic E-state index is 12.3. The molecule has 0 radical (unpaired) electrons. The normalized spacial score (nSPS) is 10.2. The Morgan fingerprint density at radius 2 is 1.53 bits per heavy atom. The molecule has 0 heterocycles. The summed E-state index contributed by atoms with van der Waals surface area (Å²) in [5, 5.41) is 2.42. The highest BCUT2D eigenvalue weighted by Crippen LogP contribution is 2.38. The number of benzene rings is 2. The van der Waals surface area contributed by atoms with E-state index in [0.29, 0.717) is 17.2 Å². The Morgan fingerprint density at radius 1 is 0.900 bits per heavy atom. The standard InChI is InChI=1S/C21H23N3O6/c1-28-16-11-15(12-17(29-2)20(16)30-3)21(27)24-23-19(26)13-22-18(25)10-9-14-7-5-4-6-8-14/h4-12H,13H2,1-3H3,(H,22,25)(H,23,26)(H,24,27)/b10-9+. The second-order valence-corrected chi connectivity index (χ2v) is 5.88. The van der Waals surface area contributed by atoms with Crippen molar-refractivity contribution in [2.45, 2.75) is 0 Å². The van der Waals surface area contributed by atoms with Crippen LogP contribution in [0.2, 0.25) is 0 Å². The molecule has 30 heavy (non-hydrogen) atoms. The minimum atomic E-state index is -0.600. The first-order valence-corrected chi connectivity index (χ1v) is 8.88. The lowest BCUT2D eigenvalue weighted by molar-refractivity contribution is -0.124. The number of hydrazine groups is 1. The van der Waals surface area contributed by atoms with Crippen molar-refractivity contribution >= 4 is 23.8 Å². The quantitative estimate of drug-likeness (QED) is 0.444. The first-order valence-electron chi connectivity index (χ1n) is 8.88. The molecule has 0 saturated heterocycles.